The number of aliphatic hydroxyl groups is 1. The van der Waals surface area contributed by atoms with E-state index in [1.54, 1.807) is 0 Å². The van der Waals surface area contributed by atoms with Crippen LogP contribution in [0.5, 0.6) is 0 Å². The predicted octanol–water partition coefficient (Wildman–Crippen LogP) is 3.51. The average Bonchev–Trinajstić information content (AvgIpc) is 2.34. The normalized spacial score (nSPS) is 28.1. The summed E-state index contributed by atoms with van der Waals surface area (Å²) in [6.45, 7) is 4.48. The lowest BCUT2D eigenvalue weighted by molar-refractivity contribution is 0.149. The summed E-state index contributed by atoms with van der Waals surface area (Å²) in [7, 11) is 0. The fourth-order valence-electron chi connectivity index (χ4n) is 2.84. The van der Waals surface area contributed by atoms with Crippen LogP contribution in [0, 0.1) is 12.8 Å². The van der Waals surface area contributed by atoms with E-state index in [1.165, 1.54) is 12.8 Å². The third kappa shape index (κ3) is 3.04. The molecule has 0 radical (unpaired) electrons. The van der Waals surface area contributed by atoms with E-state index in [0.717, 1.165) is 28.7 Å². The van der Waals surface area contributed by atoms with Crippen LogP contribution in [0.1, 0.15) is 38.2 Å². The minimum atomic E-state index is -0.190. The van der Waals surface area contributed by atoms with Crippen LogP contribution >= 0.6 is 15.9 Å². The first-order chi connectivity index (χ1) is 8.54. The summed E-state index contributed by atoms with van der Waals surface area (Å²) >= 11 is 3.45. The zero-order valence-corrected chi connectivity index (χ0v) is 12.6. The first-order valence-corrected chi connectivity index (χ1v) is 7.35. The molecule has 4 heteroatoms. The van der Waals surface area contributed by atoms with Gasteiger partial charge in [0.1, 0.15) is 5.82 Å². The zero-order valence-electron chi connectivity index (χ0n) is 11.0. The first kappa shape index (κ1) is 13.8. The Morgan fingerprint density at radius 1 is 1.61 bits per heavy atom. The standard InChI is InChI=1S/C14H21BrN2O/c1-10-4-3-5-14(7-10,9-18)17-13-6-11(2)12(15)8-16-13/h6,8,10,18H,3-5,7,9H2,1-2H3,(H,16,17). The number of nitrogens with zero attached hydrogens (tertiary/aromatic N) is 1. The first-order valence-electron chi connectivity index (χ1n) is 6.56. The summed E-state index contributed by atoms with van der Waals surface area (Å²) in [4.78, 5) is 4.38. The van der Waals surface area contributed by atoms with Gasteiger partial charge in [-0.15, -0.1) is 0 Å². The molecule has 1 aliphatic carbocycles. The molecule has 1 aromatic rings. The molecule has 3 nitrogen and oxygen atoms in total. The van der Waals surface area contributed by atoms with Crippen molar-refractivity contribution in [1.82, 2.24) is 4.98 Å². The fourth-order valence-corrected chi connectivity index (χ4v) is 3.05. The van der Waals surface area contributed by atoms with Crippen LogP contribution in [0.3, 0.4) is 0 Å². The summed E-state index contributed by atoms with van der Waals surface area (Å²) in [6, 6.07) is 2.03. The van der Waals surface area contributed by atoms with Gasteiger partial charge in [-0.1, -0.05) is 19.8 Å². The molecule has 0 aliphatic heterocycles. The lowest BCUT2D eigenvalue weighted by Gasteiger charge is -2.39. The van der Waals surface area contributed by atoms with E-state index in [2.05, 4.69) is 33.2 Å². The van der Waals surface area contributed by atoms with E-state index >= 15 is 0 Å². The van der Waals surface area contributed by atoms with Gasteiger partial charge in [0.2, 0.25) is 0 Å². The van der Waals surface area contributed by atoms with E-state index in [0.29, 0.717) is 5.92 Å². The van der Waals surface area contributed by atoms with Crippen LogP contribution in [0.4, 0.5) is 5.82 Å². The van der Waals surface area contributed by atoms with Crippen molar-refractivity contribution in [2.24, 2.45) is 5.92 Å². The maximum atomic E-state index is 9.74. The Kier molecular flexibility index (Phi) is 4.28. The lowest BCUT2D eigenvalue weighted by Crippen LogP contribution is -2.46. The van der Waals surface area contributed by atoms with Crippen molar-refractivity contribution in [2.75, 3.05) is 11.9 Å². The Bertz CT molecular complexity index is 424. The minimum Gasteiger partial charge on any atom is -0.394 e. The number of pyridine rings is 1. The quantitative estimate of drug-likeness (QED) is 0.897. The van der Waals surface area contributed by atoms with Gasteiger partial charge in [0.05, 0.1) is 12.1 Å². The number of rotatable bonds is 3. The molecule has 1 fully saturated rings. The van der Waals surface area contributed by atoms with Crippen LogP contribution in [-0.2, 0) is 0 Å². The summed E-state index contributed by atoms with van der Waals surface area (Å²) in [5, 5.41) is 13.2. The smallest absolute Gasteiger partial charge is 0.126 e. The van der Waals surface area contributed by atoms with E-state index in [9.17, 15) is 5.11 Å². The number of halogens is 1. The number of anilines is 1. The Morgan fingerprint density at radius 3 is 3.00 bits per heavy atom. The second-order valence-corrected chi connectivity index (χ2v) is 6.44. The van der Waals surface area contributed by atoms with E-state index in [4.69, 9.17) is 0 Å². The number of hydrogen-bond acceptors (Lipinski definition) is 3. The van der Waals surface area contributed by atoms with Gasteiger partial charge in [-0.3, -0.25) is 0 Å². The molecule has 100 valence electrons. The fraction of sp³-hybridized carbons (Fsp3) is 0.643. The number of aromatic nitrogens is 1. The Hall–Kier alpha value is -0.610. The molecule has 0 bridgehead atoms. The monoisotopic (exact) mass is 312 g/mol. The minimum absolute atomic E-state index is 0.175. The molecule has 1 aromatic heterocycles. The van der Waals surface area contributed by atoms with Crippen LogP contribution in [0.2, 0.25) is 0 Å². The highest BCUT2D eigenvalue weighted by Gasteiger charge is 2.34. The second kappa shape index (κ2) is 5.57. The Balaban J connectivity index is 2.16. The summed E-state index contributed by atoms with van der Waals surface area (Å²) in [5.41, 5.74) is 0.967. The van der Waals surface area contributed by atoms with Gasteiger partial charge < -0.3 is 10.4 Å². The number of aliphatic hydroxyl groups excluding tert-OH is 1. The van der Waals surface area contributed by atoms with Crippen molar-refractivity contribution >= 4 is 21.7 Å². The Morgan fingerprint density at radius 2 is 2.39 bits per heavy atom. The van der Waals surface area contributed by atoms with Gasteiger partial charge in [0, 0.05) is 10.7 Å². The van der Waals surface area contributed by atoms with Gasteiger partial charge in [0.25, 0.3) is 0 Å². The van der Waals surface area contributed by atoms with Crippen molar-refractivity contribution in [3.05, 3.63) is 22.3 Å². The Labute approximate surface area is 117 Å². The second-order valence-electron chi connectivity index (χ2n) is 5.58. The topological polar surface area (TPSA) is 45.1 Å². The summed E-state index contributed by atoms with van der Waals surface area (Å²) in [6.07, 6.45) is 6.28. The summed E-state index contributed by atoms with van der Waals surface area (Å²) < 4.78 is 1.02. The molecule has 0 spiro atoms. The van der Waals surface area contributed by atoms with Gasteiger partial charge in [-0.25, -0.2) is 4.98 Å². The molecule has 1 aliphatic rings. The molecule has 1 heterocycles. The molecule has 1 saturated carbocycles. The summed E-state index contributed by atoms with van der Waals surface area (Å²) in [5.74, 6) is 1.52. The van der Waals surface area contributed by atoms with Crippen molar-refractivity contribution in [1.29, 1.82) is 0 Å². The third-order valence-corrected chi connectivity index (χ3v) is 4.66. The molecule has 2 atom stereocenters. The van der Waals surface area contributed by atoms with Crippen molar-refractivity contribution < 1.29 is 5.11 Å². The molecule has 2 N–H and O–H groups in total. The highest BCUT2D eigenvalue weighted by atomic mass is 79.9. The zero-order chi connectivity index (χ0) is 13.2. The van der Waals surface area contributed by atoms with Gasteiger partial charge >= 0.3 is 0 Å². The molecule has 0 aromatic carbocycles. The molecular formula is C14H21BrN2O. The van der Waals surface area contributed by atoms with Crippen LogP contribution in [0.25, 0.3) is 0 Å². The molecule has 2 rings (SSSR count). The molecule has 0 saturated heterocycles. The lowest BCUT2D eigenvalue weighted by atomic mass is 9.77. The van der Waals surface area contributed by atoms with E-state index in [-0.39, 0.29) is 12.1 Å². The molecule has 2 unspecified atom stereocenters. The predicted molar refractivity (Wildman–Crippen MR) is 77.7 cm³/mol. The maximum absolute atomic E-state index is 9.74. The number of nitrogens with one attached hydrogen (secondary N) is 1. The van der Waals surface area contributed by atoms with E-state index < -0.39 is 0 Å². The van der Waals surface area contributed by atoms with Gasteiger partial charge in [-0.2, -0.15) is 0 Å². The van der Waals surface area contributed by atoms with E-state index in [1.807, 2.05) is 19.2 Å². The number of aryl methyl sites for hydroxylation is 1. The molecular weight excluding hydrogens is 292 g/mol. The average molecular weight is 313 g/mol. The van der Waals surface area contributed by atoms with Crippen molar-refractivity contribution in [2.45, 2.75) is 45.1 Å². The van der Waals surface area contributed by atoms with Crippen LogP contribution in [0.15, 0.2) is 16.7 Å². The molecule has 18 heavy (non-hydrogen) atoms. The number of hydrogen-bond donors (Lipinski definition) is 2. The van der Waals surface area contributed by atoms with Crippen LogP contribution < -0.4 is 5.32 Å². The highest BCUT2D eigenvalue weighted by Crippen LogP contribution is 2.34. The third-order valence-electron chi connectivity index (χ3n) is 3.83. The highest BCUT2D eigenvalue weighted by molar-refractivity contribution is 9.10. The van der Waals surface area contributed by atoms with Gasteiger partial charge in [0.15, 0.2) is 0 Å². The maximum Gasteiger partial charge on any atom is 0.126 e. The molecule has 0 amide bonds. The van der Waals surface area contributed by atoms with Crippen molar-refractivity contribution in [3.63, 3.8) is 0 Å². The van der Waals surface area contributed by atoms with Crippen LogP contribution in [-0.4, -0.2) is 22.2 Å². The SMILES string of the molecule is Cc1cc(NC2(CO)CCCC(C)C2)ncc1Br. The van der Waals surface area contributed by atoms with Gasteiger partial charge in [-0.05, 0) is 53.2 Å². The van der Waals surface area contributed by atoms with Crippen molar-refractivity contribution in [3.8, 4) is 0 Å². The largest absolute Gasteiger partial charge is 0.394 e.